The molecule has 0 saturated heterocycles. The minimum Gasteiger partial charge on any atom is -0.428 e. The third-order valence-electron chi connectivity index (χ3n) is 3.36. The Morgan fingerprint density at radius 1 is 1.00 bits per heavy atom. The third-order valence-corrected chi connectivity index (χ3v) is 3.71. The van der Waals surface area contributed by atoms with Crippen molar-refractivity contribution in [1.82, 2.24) is 0 Å². The summed E-state index contributed by atoms with van der Waals surface area (Å²) in [7, 11) is 0. The standard InChI is InChI=1S/C15H11ClO2/c16-14-5-1-3-10-7-11-4-2-6-15(18-9-17)13(11)8-12(10)14/h1-6,9H,7-8H2. The van der Waals surface area contributed by atoms with Crippen molar-refractivity contribution in [3.8, 4) is 5.75 Å². The van der Waals surface area contributed by atoms with E-state index in [1.807, 2.05) is 24.3 Å². The van der Waals surface area contributed by atoms with Crippen LogP contribution in [0, 0.1) is 0 Å². The molecule has 2 nitrogen and oxygen atoms in total. The quantitative estimate of drug-likeness (QED) is 0.659. The summed E-state index contributed by atoms with van der Waals surface area (Å²) in [5.41, 5.74) is 4.64. The molecule has 0 aromatic heterocycles. The van der Waals surface area contributed by atoms with Crippen molar-refractivity contribution in [3.63, 3.8) is 0 Å². The number of halogens is 1. The van der Waals surface area contributed by atoms with E-state index < -0.39 is 0 Å². The molecule has 1 aliphatic carbocycles. The summed E-state index contributed by atoms with van der Waals surface area (Å²) < 4.78 is 5.04. The van der Waals surface area contributed by atoms with Crippen LogP contribution in [0.2, 0.25) is 5.02 Å². The van der Waals surface area contributed by atoms with Crippen LogP contribution in [0.3, 0.4) is 0 Å². The minimum atomic E-state index is 0.470. The van der Waals surface area contributed by atoms with Crippen molar-refractivity contribution in [3.05, 3.63) is 63.7 Å². The molecule has 2 aromatic rings. The number of ether oxygens (including phenoxy) is 1. The van der Waals surface area contributed by atoms with Gasteiger partial charge in [0, 0.05) is 17.0 Å². The van der Waals surface area contributed by atoms with E-state index in [2.05, 4.69) is 12.1 Å². The summed E-state index contributed by atoms with van der Waals surface area (Å²) in [5.74, 6) is 0.632. The maximum Gasteiger partial charge on any atom is 0.298 e. The van der Waals surface area contributed by atoms with Gasteiger partial charge in [-0.15, -0.1) is 0 Å². The van der Waals surface area contributed by atoms with Gasteiger partial charge in [0.2, 0.25) is 0 Å². The highest BCUT2D eigenvalue weighted by atomic mass is 35.5. The fraction of sp³-hybridized carbons (Fsp3) is 0.133. The molecule has 0 bridgehead atoms. The summed E-state index contributed by atoms with van der Waals surface area (Å²) in [6.45, 7) is 0.470. The van der Waals surface area contributed by atoms with E-state index in [1.165, 1.54) is 11.1 Å². The van der Waals surface area contributed by atoms with Crippen molar-refractivity contribution in [2.24, 2.45) is 0 Å². The number of benzene rings is 2. The smallest absolute Gasteiger partial charge is 0.298 e. The van der Waals surface area contributed by atoms with Crippen LogP contribution in [0.15, 0.2) is 36.4 Å². The van der Waals surface area contributed by atoms with Crippen LogP contribution in [0.1, 0.15) is 22.3 Å². The molecule has 0 heterocycles. The van der Waals surface area contributed by atoms with Crippen LogP contribution in [-0.4, -0.2) is 6.47 Å². The van der Waals surface area contributed by atoms with E-state index in [0.717, 1.165) is 22.6 Å². The molecular formula is C15H11ClO2. The highest BCUT2D eigenvalue weighted by Gasteiger charge is 2.20. The van der Waals surface area contributed by atoms with Crippen LogP contribution in [0.25, 0.3) is 0 Å². The molecule has 0 fully saturated rings. The van der Waals surface area contributed by atoms with Crippen molar-refractivity contribution in [1.29, 1.82) is 0 Å². The van der Waals surface area contributed by atoms with Crippen LogP contribution >= 0.6 is 11.6 Å². The second kappa shape index (κ2) is 4.46. The first kappa shape index (κ1) is 11.3. The highest BCUT2D eigenvalue weighted by molar-refractivity contribution is 6.31. The van der Waals surface area contributed by atoms with Crippen LogP contribution in [-0.2, 0) is 17.6 Å². The predicted molar refractivity (Wildman–Crippen MR) is 70.2 cm³/mol. The zero-order valence-corrected chi connectivity index (χ0v) is 10.4. The van der Waals surface area contributed by atoms with Crippen LogP contribution in [0.5, 0.6) is 5.75 Å². The Bertz CT molecular complexity index is 620. The molecule has 18 heavy (non-hydrogen) atoms. The average Bonchev–Trinajstić information content (AvgIpc) is 2.38. The summed E-state index contributed by atoms with van der Waals surface area (Å²) in [6.07, 6.45) is 1.55. The molecule has 0 aliphatic heterocycles. The molecule has 3 rings (SSSR count). The summed E-state index contributed by atoms with van der Waals surface area (Å²) in [6, 6.07) is 11.8. The molecule has 0 spiro atoms. The van der Waals surface area contributed by atoms with Gasteiger partial charge in [-0.3, -0.25) is 4.79 Å². The molecule has 0 unspecified atom stereocenters. The Morgan fingerprint density at radius 3 is 2.50 bits per heavy atom. The second-order valence-electron chi connectivity index (χ2n) is 4.34. The molecule has 3 heteroatoms. The Hall–Kier alpha value is -1.80. The Kier molecular flexibility index (Phi) is 2.80. The predicted octanol–water partition coefficient (Wildman–Crippen LogP) is 3.37. The Labute approximate surface area is 110 Å². The van der Waals surface area contributed by atoms with E-state index in [1.54, 1.807) is 0 Å². The highest BCUT2D eigenvalue weighted by Crippen LogP contribution is 2.35. The summed E-state index contributed by atoms with van der Waals surface area (Å²) >= 11 is 6.23. The van der Waals surface area contributed by atoms with Gasteiger partial charge in [-0.2, -0.15) is 0 Å². The lowest BCUT2D eigenvalue weighted by atomic mass is 9.85. The topological polar surface area (TPSA) is 26.3 Å². The number of hydrogen-bond acceptors (Lipinski definition) is 2. The monoisotopic (exact) mass is 258 g/mol. The number of hydrogen-bond donors (Lipinski definition) is 0. The first-order valence-corrected chi connectivity index (χ1v) is 6.14. The van der Waals surface area contributed by atoms with Gasteiger partial charge in [-0.25, -0.2) is 0 Å². The molecule has 2 aromatic carbocycles. The van der Waals surface area contributed by atoms with Crippen molar-refractivity contribution in [2.75, 3.05) is 0 Å². The van der Waals surface area contributed by atoms with Gasteiger partial charge in [-0.1, -0.05) is 35.9 Å². The first-order chi connectivity index (χ1) is 8.79. The van der Waals surface area contributed by atoms with Crippen LogP contribution < -0.4 is 4.74 Å². The SMILES string of the molecule is O=COc1cccc2c1Cc1c(Cl)cccc1C2. The third kappa shape index (κ3) is 1.79. The second-order valence-corrected chi connectivity index (χ2v) is 4.75. The molecule has 0 atom stereocenters. The maximum atomic E-state index is 10.5. The average molecular weight is 259 g/mol. The molecule has 0 saturated carbocycles. The van der Waals surface area contributed by atoms with Gasteiger partial charge >= 0.3 is 0 Å². The van der Waals surface area contributed by atoms with Gasteiger partial charge in [0.15, 0.2) is 0 Å². The molecular weight excluding hydrogens is 248 g/mol. The van der Waals surface area contributed by atoms with Crippen molar-refractivity contribution in [2.45, 2.75) is 12.8 Å². The molecule has 0 N–H and O–H groups in total. The van der Waals surface area contributed by atoms with E-state index in [0.29, 0.717) is 18.6 Å². The van der Waals surface area contributed by atoms with E-state index in [9.17, 15) is 4.79 Å². The van der Waals surface area contributed by atoms with Gasteiger partial charge in [0.1, 0.15) is 5.75 Å². The Balaban J connectivity index is 2.11. The first-order valence-electron chi connectivity index (χ1n) is 5.77. The fourth-order valence-corrected chi connectivity index (χ4v) is 2.75. The normalized spacial score (nSPS) is 12.5. The number of rotatable bonds is 2. The molecule has 0 radical (unpaired) electrons. The number of fused-ring (bicyclic) bond motifs is 2. The number of carbonyl (C=O) groups excluding carboxylic acids is 1. The lowest BCUT2D eigenvalue weighted by Crippen LogP contribution is -2.09. The van der Waals surface area contributed by atoms with Gasteiger partial charge in [0.05, 0.1) is 0 Å². The van der Waals surface area contributed by atoms with E-state index in [4.69, 9.17) is 16.3 Å². The lowest BCUT2D eigenvalue weighted by molar-refractivity contribution is -0.120. The van der Waals surface area contributed by atoms with Gasteiger partial charge < -0.3 is 4.74 Å². The zero-order valence-electron chi connectivity index (χ0n) is 9.65. The van der Waals surface area contributed by atoms with Crippen molar-refractivity contribution < 1.29 is 9.53 Å². The number of carbonyl (C=O) groups is 1. The Morgan fingerprint density at radius 2 is 1.72 bits per heavy atom. The summed E-state index contributed by atoms with van der Waals surface area (Å²) in [4.78, 5) is 10.5. The molecule has 0 amide bonds. The largest absolute Gasteiger partial charge is 0.428 e. The minimum absolute atomic E-state index is 0.470. The van der Waals surface area contributed by atoms with Gasteiger partial charge in [-0.05, 0) is 35.2 Å². The van der Waals surface area contributed by atoms with Gasteiger partial charge in [0.25, 0.3) is 6.47 Å². The zero-order chi connectivity index (χ0) is 12.5. The fourth-order valence-electron chi connectivity index (χ4n) is 2.49. The molecule has 1 aliphatic rings. The molecule has 90 valence electrons. The van der Waals surface area contributed by atoms with E-state index in [-0.39, 0.29) is 0 Å². The lowest BCUT2D eigenvalue weighted by Gasteiger charge is -2.22. The maximum absolute atomic E-state index is 10.5. The summed E-state index contributed by atoms with van der Waals surface area (Å²) in [5, 5.41) is 0.777. The van der Waals surface area contributed by atoms with Crippen LogP contribution in [0.4, 0.5) is 0 Å². The van der Waals surface area contributed by atoms with E-state index >= 15 is 0 Å². The van der Waals surface area contributed by atoms with Crippen molar-refractivity contribution >= 4 is 18.1 Å².